The summed E-state index contributed by atoms with van der Waals surface area (Å²) in [4.78, 5) is 2.55. The van der Waals surface area contributed by atoms with Gasteiger partial charge in [0.2, 0.25) is 0 Å². The van der Waals surface area contributed by atoms with Crippen molar-refractivity contribution in [3.05, 3.63) is 107 Å². The number of hydrogen-bond donors (Lipinski definition) is 0. The van der Waals surface area contributed by atoms with Crippen molar-refractivity contribution in [3.8, 4) is 6.07 Å². The van der Waals surface area contributed by atoms with Crippen molar-refractivity contribution in [1.82, 2.24) is 4.90 Å². The van der Waals surface area contributed by atoms with Crippen LogP contribution in [-0.2, 0) is 10.2 Å². The lowest BCUT2D eigenvalue weighted by Gasteiger charge is -2.34. The van der Waals surface area contributed by atoms with Gasteiger partial charge in [-0.25, -0.2) is 0 Å². The largest absolute Gasteiger partial charge is 0.493 e. The molecule has 3 nitrogen and oxygen atoms in total. The molecule has 0 bridgehead atoms. The van der Waals surface area contributed by atoms with Crippen LogP contribution in [-0.4, -0.2) is 31.1 Å². The van der Waals surface area contributed by atoms with Gasteiger partial charge < -0.3 is 9.64 Å². The summed E-state index contributed by atoms with van der Waals surface area (Å²) in [6.07, 6.45) is 10.9. The average Bonchev–Trinajstić information content (AvgIpc) is 3.46. The Kier molecular flexibility index (Phi) is 5.97. The monoisotopic (exact) mass is 422 g/mol. The third-order valence-electron chi connectivity index (χ3n) is 7.24. The summed E-state index contributed by atoms with van der Waals surface area (Å²) in [7, 11) is 0. The minimum Gasteiger partial charge on any atom is -0.493 e. The van der Waals surface area contributed by atoms with E-state index in [2.05, 4.69) is 77.7 Å². The number of nitrogens with zero attached hydrogens (tertiary/aromatic N) is 2. The van der Waals surface area contributed by atoms with Crippen LogP contribution < -0.4 is 0 Å². The van der Waals surface area contributed by atoms with Gasteiger partial charge in [0.15, 0.2) is 0 Å². The molecule has 0 saturated carbocycles. The standard InChI is InChI=1S/C29H30N2O/c30-22-29(25-9-3-1-4-10-25,26-11-5-2-6-12-26)27-15-18-31(21-27)17-14-23-8-7-13-28-24(20-23)16-19-32-28/h1-7,9-13,20,27H,8,14-19,21H2. The summed E-state index contributed by atoms with van der Waals surface area (Å²) in [5.41, 5.74) is 4.45. The second-order valence-electron chi connectivity index (χ2n) is 9.09. The van der Waals surface area contributed by atoms with E-state index in [1.54, 1.807) is 0 Å². The Hall–Kier alpha value is -3.09. The van der Waals surface area contributed by atoms with E-state index in [-0.39, 0.29) is 5.92 Å². The Balaban J connectivity index is 1.34. The number of rotatable bonds is 6. The Morgan fingerprint density at radius 1 is 1.03 bits per heavy atom. The first-order valence-electron chi connectivity index (χ1n) is 11.8. The normalized spacial score (nSPS) is 21.0. The summed E-state index contributed by atoms with van der Waals surface area (Å²) < 4.78 is 5.72. The molecule has 5 rings (SSSR count). The molecule has 0 radical (unpaired) electrons. The fourth-order valence-corrected chi connectivity index (χ4v) is 5.53. The van der Waals surface area contributed by atoms with E-state index in [4.69, 9.17) is 4.74 Å². The zero-order valence-electron chi connectivity index (χ0n) is 18.5. The summed E-state index contributed by atoms with van der Waals surface area (Å²) in [6.45, 7) is 3.86. The van der Waals surface area contributed by atoms with E-state index in [1.165, 1.54) is 11.1 Å². The van der Waals surface area contributed by atoms with Gasteiger partial charge in [-0.05, 0) is 54.5 Å². The average molecular weight is 423 g/mol. The van der Waals surface area contributed by atoms with Gasteiger partial charge in [-0.3, -0.25) is 0 Å². The van der Waals surface area contributed by atoms with Crippen LogP contribution >= 0.6 is 0 Å². The lowest BCUT2D eigenvalue weighted by Crippen LogP contribution is -2.37. The highest BCUT2D eigenvalue weighted by atomic mass is 16.5. The molecule has 0 amide bonds. The molecule has 162 valence electrons. The summed E-state index contributed by atoms with van der Waals surface area (Å²) in [5, 5.41) is 10.6. The van der Waals surface area contributed by atoms with Crippen LogP contribution in [0.25, 0.3) is 0 Å². The maximum Gasteiger partial charge on any atom is 0.122 e. The highest BCUT2D eigenvalue weighted by molar-refractivity contribution is 5.47. The van der Waals surface area contributed by atoms with E-state index in [0.717, 1.165) is 68.8 Å². The van der Waals surface area contributed by atoms with E-state index < -0.39 is 5.41 Å². The Bertz CT molecular complexity index is 1040. The van der Waals surface area contributed by atoms with Gasteiger partial charge >= 0.3 is 0 Å². The van der Waals surface area contributed by atoms with Crippen molar-refractivity contribution in [1.29, 1.82) is 5.26 Å². The van der Waals surface area contributed by atoms with E-state index >= 15 is 0 Å². The number of nitriles is 1. The smallest absolute Gasteiger partial charge is 0.122 e. The molecular weight excluding hydrogens is 392 g/mol. The molecular formula is C29H30N2O. The van der Waals surface area contributed by atoms with Gasteiger partial charge in [-0.1, -0.05) is 78.4 Å². The lowest BCUT2D eigenvalue weighted by atomic mass is 9.66. The van der Waals surface area contributed by atoms with Crippen molar-refractivity contribution in [3.63, 3.8) is 0 Å². The molecule has 0 spiro atoms. The summed E-state index contributed by atoms with van der Waals surface area (Å²) in [5.74, 6) is 1.34. The Morgan fingerprint density at radius 2 is 1.75 bits per heavy atom. The number of hydrogen-bond acceptors (Lipinski definition) is 3. The SMILES string of the molecule is N#CC(c1ccccc1)(c1ccccc1)C1CCN(CCC2=CC3=C(C=CC2)OCC3)C1. The number of benzene rings is 2. The predicted octanol–water partition coefficient (Wildman–Crippen LogP) is 5.77. The van der Waals surface area contributed by atoms with Crippen LogP contribution in [0.1, 0.15) is 36.8 Å². The van der Waals surface area contributed by atoms with Crippen LogP contribution in [0.3, 0.4) is 0 Å². The van der Waals surface area contributed by atoms with Crippen LogP contribution in [0, 0.1) is 17.2 Å². The maximum absolute atomic E-state index is 10.6. The minimum atomic E-state index is -0.609. The van der Waals surface area contributed by atoms with Crippen molar-refractivity contribution < 1.29 is 4.74 Å². The van der Waals surface area contributed by atoms with Crippen molar-refractivity contribution in [2.45, 2.75) is 31.1 Å². The van der Waals surface area contributed by atoms with Gasteiger partial charge in [0.05, 0.1) is 12.7 Å². The third kappa shape index (κ3) is 3.92. The predicted molar refractivity (Wildman–Crippen MR) is 128 cm³/mol. The fourth-order valence-electron chi connectivity index (χ4n) is 5.53. The van der Waals surface area contributed by atoms with Crippen LogP contribution in [0.4, 0.5) is 0 Å². The van der Waals surface area contributed by atoms with Gasteiger partial charge in [0.25, 0.3) is 0 Å². The Morgan fingerprint density at radius 3 is 2.44 bits per heavy atom. The highest BCUT2D eigenvalue weighted by Gasteiger charge is 2.45. The van der Waals surface area contributed by atoms with Gasteiger partial charge in [-0.15, -0.1) is 0 Å². The van der Waals surface area contributed by atoms with Crippen molar-refractivity contribution >= 4 is 0 Å². The molecule has 2 aromatic rings. The molecule has 0 N–H and O–H groups in total. The first-order valence-corrected chi connectivity index (χ1v) is 11.8. The van der Waals surface area contributed by atoms with E-state index in [1.807, 2.05) is 12.1 Å². The Labute approximate surface area is 191 Å². The fraction of sp³-hybridized carbons (Fsp3) is 0.345. The minimum absolute atomic E-state index is 0.276. The number of allylic oxidation sites excluding steroid dienone is 3. The van der Waals surface area contributed by atoms with Crippen LogP contribution in [0.2, 0.25) is 0 Å². The molecule has 1 atom stereocenters. The molecule has 0 aromatic heterocycles. The molecule has 2 aliphatic heterocycles. The van der Waals surface area contributed by atoms with Gasteiger partial charge in [0.1, 0.15) is 11.2 Å². The molecule has 1 fully saturated rings. The zero-order chi connectivity index (χ0) is 21.8. The second-order valence-corrected chi connectivity index (χ2v) is 9.09. The molecule has 1 aliphatic carbocycles. The quantitative estimate of drug-likeness (QED) is 0.593. The highest BCUT2D eigenvalue weighted by Crippen LogP contribution is 2.43. The van der Waals surface area contributed by atoms with E-state index in [9.17, 15) is 5.26 Å². The molecule has 2 aromatic carbocycles. The molecule has 3 aliphatic rings. The zero-order valence-corrected chi connectivity index (χ0v) is 18.5. The molecule has 3 heteroatoms. The van der Waals surface area contributed by atoms with Crippen LogP contribution in [0.5, 0.6) is 0 Å². The third-order valence-corrected chi connectivity index (χ3v) is 7.24. The number of likely N-dealkylation sites (tertiary alicyclic amines) is 1. The summed E-state index contributed by atoms with van der Waals surface area (Å²) in [6, 6.07) is 23.5. The lowest BCUT2D eigenvalue weighted by molar-refractivity contribution is 0.257. The van der Waals surface area contributed by atoms with E-state index in [0.29, 0.717) is 0 Å². The number of ether oxygens (including phenoxy) is 1. The molecule has 1 unspecified atom stereocenters. The van der Waals surface area contributed by atoms with Crippen molar-refractivity contribution in [2.24, 2.45) is 5.92 Å². The van der Waals surface area contributed by atoms with Crippen molar-refractivity contribution in [2.75, 3.05) is 26.2 Å². The first-order chi connectivity index (χ1) is 15.8. The second kappa shape index (κ2) is 9.18. The summed E-state index contributed by atoms with van der Waals surface area (Å²) >= 11 is 0. The molecule has 1 saturated heterocycles. The topological polar surface area (TPSA) is 36.3 Å². The van der Waals surface area contributed by atoms with Gasteiger partial charge in [0, 0.05) is 19.5 Å². The van der Waals surface area contributed by atoms with Gasteiger partial charge in [-0.2, -0.15) is 5.26 Å². The molecule has 2 heterocycles. The molecule has 32 heavy (non-hydrogen) atoms. The van der Waals surface area contributed by atoms with Crippen LogP contribution in [0.15, 0.2) is 95.8 Å². The maximum atomic E-state index is 10.6. The first kappa shape index (κ1) is 20.8.